The van der Waals surface area contributed by atoms with Gasteiger partial charge in [0.25, 0.3) is 11.8 Å². The number of anilines is 1. The van der Waals surface area contributed by atoms with Crippen LogP contribution in [0.3, 0.4) is 0 Å². The van der Waals surface area contributed by atoms with Gasteiger partial charge in [0.15, 0.2) is 5.69 Å². The molecule has 2 aliphatic rings. The summed E-state index contributed by atoms with van der Waals surface area (Å²) in [6, 6.07) is 13.2. The standard InChI is InChI=1S/C22H21ClN4O2S/c23-20-9-8-19(30-20)22(29)26-11-4-3-7-18(26)15-13-16(25-24-15)21(28)27-12-10-14-5-1-2-6-17(14)27/h1-2,5-6,8-9,13,18H,3-4,7,10-12H2,(H,24,25). The lowest BCUT2D eigenvalue weighted by Crippen LogP contribution is -2.38. The van der Waals surface area contributed by atoms with Crippen LogP contribution in [0.5, 0.6) is 0 Å². The van der Waals surface area contributed by atoms with Gasteiger partial charge in [0.1, 0.15) is 0 Å². The first-order valence-electron chi connectivity index (χ1n) is 10.1. The Hall–Kier alpha value is -2.64. The number of nitrogens with one attached hydrogen (secondary N) is 1. The maximum absolute atomic E-state index is 13.1. The van der Waals surface area contributed by atoms with Gasteiger partial charge >= 0.3 is 0 Å². The van der Waals surface area contributed by atoms with Crippen LogP contribution in [-0.4, -0.2) is 40.0 Å². The molecule has 0 radical (unpaired) electrons. The molecule has 1 saturated heterocycles. The molecule has 1 unspecified atom stereocenters. The third-order valence-corrected chi connectivity index (χ3v) is 7.07. The minimum atomic E-state index is -0.118. The van der Waals surface area contributed by atoms with Crippen molar-refractivity contribution < 1.29 is 9.59 Å². The first-order chi connectivity index (χ1) is 14.6. The fourth-order valence-corrected chi connectivity index (χ4v) is 5.37. The molecule has 154 valence electrons. The van der Waals surface area contributed by atoms with Crippen LogP contribution in [0.25, 0.3) is 0 Å². The molecular weight excluding hydrogens is 420 g/mol. The molecule has 2 amide bonds. The number of benzene rings is 1. The number of carbonyl (C=O) groups is 2. The number of rotatable bonds is 3. The summed E-state index contributed by atoms with van der Waals surface area (Å²) >= 11 is 7.32. The summed E-state index contributed by atoms with van der Waals surface area (Å²) in [5, 5.41) is 7.34. The maximum atomic E-state index is 13.1. The molecule has 1 aromatic carbocycles. The normalized spacial score (nSPS) is 18.5. The molecular formula is C22H21ClN4O2S. The molecule has 4 heterocycles. The smallest absolute Gasteiger partial charge is 0.278 e. The van der Waals surface area contributed by atoms with Crippen LogP contribution in [0.2, 0.25) is 4.34 Å². The third-order valence-electron chi connectivity index (χ3n) is 5.86. The van der Waals surface area contributed by atoms with Gasteiger partial charge in [0.2, 0.25) is 0 Å². The third kappa shape index (κ3) is 3.42. The summed E-state index contributed by atoms with van der Waals surface area (Å²) in [5.41, 5.74) is 3.33. The van der Waals surface area contributed by atoms with E-state index >= 15 is 0 Å². The van der Waals surface area contributed by atoms with Crippen molar-refractivity contribution in [1.82, 2.24) is 15.1 Å². The average molecular weight is 441 g/mol. The summed E-state index contributed by atoms with van der Waals surface area (Å²) in [7, 11) is 0. The van der Waals surface area contributed by atoms with Crippen molar-refractivity contribution >= 4 is 40.4 Å². The van der Waals surface area contributed by atoms with Crippen LogP contribution >= 0.6 is 22.9 Å². The van der Waals surface area contributed by atoms with E-state index in [2.05, 4.69) is 16.3 Å². The number of hydrogen-bond acceptors (Lipinski definition) is 4. The quantitative estimate of drug-likeness (QED) is 0.642. The van der Waals surface area contributed by atoms with E-state index in [-0.39, 0.29) is 17.9 Å². The molecule has 1 fully saturated rings. The number of halogens is 1. The fraction of sp³-hybridized carbons (Fsp3) is 0.318. The molecule has 0 saturated carbocycles. The zero-order valence-corrected chi connectivity index (χ0v) is 17.9. The van der Waals surface area contributed by atoms with Gasteiger partial charge in [0, 0.05) is 18.8 Å². The van der Waals surface area contributed by atoms with Crippen LogP contribution in [0.1, 0.15) is 56.7 Å². The molecule has 1 atom stereocenters. The van der Waals surface area contributed by atoms with Crippen molar-refractivity contribution in [2.45, 2.75) is 31.7 Å². The van der Waals surface area contributed by atoms with Crippen molar-refractivity contribution in [2.75, 3.05) is 18.0 Å². The van der Waals surface area contributed by atoms with Gasteiger partial charge < -0.3 is 9.80 Å². The van der Waals surface area contributed by atoms with Crippen molar-refractivity contribution in [1.29, 1.82) is 0 Å². The van der Waals surface area contributed by atoms with Gasteiger partial charge in [-0.2, -0.15) is 5.10 Å². The van der Waals surface area contributed by atoms with Crippen molar-refractivity contribution in [3.8, 4) is 0 Å². The van der Waals surface area contributed by atoms with Crippen LogP contribution in [-0.2, 0) is 6.42 Å². The van der Waals surface area contributed by atoms with Gasteiger partial charge in [-0.25, -0.2) is 0 Å². The van der Waals surface area contributed by atoms with Crippen molar-refractivity contribution in [3.63, 3.8) is 0 Å². The molecule has 30 heavy (non-hydrogen) atoms. The summed E-state index contributed by atoms with van der Waals surface area (Å²) in [6.45, 7) is 1.34. The molecule has 3 aromatic rings. The Bertz CT molecular complexity index is 1110. The van der Waals surface area contributed by atoms with E-state index in [0.29, 0.717) is 28.0 Å². The molecule has 2 aromatic heterocycles. The Kier molecular flexibility index (Phi) is 5.08. The molecule has 0 spiro atoms. The number of piperidine rings is 1. The number of hydrogen-bond donors (Lipinski definition) is 1. The molecule has 6 nitrogen and oxygen atoms in total. The lowest BCUT2D eigenvalue weighted by Gasteiger charge is -2.34. The fourth-order valence-electron chi connectivity index (χ4n) is 4.37. The highest BCUT2D eigenvalue weighted by Gasteiger charge is 2.32. The number of amides is 2. The number of fused-ring (bicyclic) bond motifs is 1. The zero-order chi connectivity index (χ0) is 20.7. The lowest BCUT2D eigenvalue weighted by molar-refractivity contribution is 0.0611. The Balaban J connectivity index is 1.38. The lowest BCUT2D eigenvalue weighted by atomic mass is 9.98. The predicted molar refractivity (Wildman–Crippen MR) is 117 cm³/mol. The first-order valence-corrected chi connectivity index (χ1v) is 11.3. The molecule has 0 bridgehead atoms. The zero-order valence-electron chi connectivity index (χ0n) is 16.3. The predicted octanol–water partition coefficient (Wildman–Crippen LogP) is 4.69. The molecule has 2 aliphatic heterocycles. The molecule has 1 N–H and O–H groups in total. The number of H-pyrrole nitrogens is 1. The minimum absolute atomic E-state index is 0.0208. The van der Waals surface area contributed by atoms with E-state index in [1.165, 1.54) is 16.9 Å². The number of aromatic amines is 1. The summed E-state index contributed by atoms with van der Waals surface area (Å²) in [4.78, 5) is 30.4. The second-order valence-electron chi connectivity index (χ2n) is 7.66. The monoisotopic (exact) mass is 440 g/mol. The SMILES string of the molecule is O=C(c1cc(C2CCCCN2C(=O)c2ccc(Cl)s2)[nH]n1)N1CCc2ccccc21. The second-order valence-corrected chi connectivity index (χ2v) is 9.37. The van der Waals surface area contributed by atoms with Crippen LogP contribution in [0.4, 0.5) is 5.69 Å². The van der Waals surface area contributed by atoms with E-state index in [9.17, 15) is 9.59 Å². The van der Waals surface area contributed by atoms with Crippen LogP contribution in [0, 0.1) is 0 Å². The molecule has 8 heteroatoms. The Morgan fingerprint density at radius 2 is 1.97 bits per heavy atom. The highest BCUT2D eigenvalue weighted by atomic mass is 35.5. The van der Waals surface area contributed by atoms with Gasteiger partial charge in [-0.15, -0.1) is 11.3 Å². The number of likely N-dealkylation sites (tertiary alicyclic amines) is 1. The Morgan fingerprint density at radius 3 is 2.80 bits per heavy atom. The molecule has 5 rings (SSSR count). The van der Waals surface area contributed by atoms with E-state index in [1.807, 2.05) is 23.1 Å². The van der Waals surface area contributed by atoms with Gasteiger partial charge in [-0.1, -0.05) is 29.8 Å². The highest BCUT2D eigenvalue weighted by Crippen LogP contribution is 2.34. The number of para-hydroxylation sites is 1. The Morgan fingerprint density at radius 1 is 1.10 bits per heavy atom. The van der Waals surface area contributed by atoms with E-state index in [4.69, 9.17) is 11.6 Å². The number of aromatic nitrogens is 2. The summed E-state index contributed by atoms with van der Waals surface area (Å²) in [6.07, 6.45) is 3.69. The van der Waals surface area contributed by atoms with Gasteiger partial charge in [-0.05, 0) is 55.5 Å². The minimum Gasteiger partial charge on any atom is -0.329 e. The van der Waals surface area contributed by atoms with Crippen LogP contribution < -0.4 is 4.90 Å². The second kappa shape index (κ2) is 7.89. The largest absolute Gasteiger partial charge is 0.329 e. The van der Waals surface area contributed by atoms with Crippen molar-refractivity contribution in [2.24, 2.45) is 0 Å². The summed E-state index contributed by atoms with van der Waals surface area (Å²) in [5.74, 6) is -0.131. The molecule has 0 aliphatic carbocycles. The van der Waals surface area contributed by atoms with Gasteiger partial charge in [-0.3, -0.25) is 14.7 Å². The number of nitrogens with zero attached hydrogens (tertiary/aromatic N) is 3. The highest BCUT2D eigenvalue weighted by molar-refractivity contribution is 7.17. The van der Waals surface area contributed by atoms with Gasteiger partial charge in [0.05, 0.1) is 20.9 Å². The van der Waals surface area contributed by atoms with Crippen LogP contribution in [0.15, 0.2) is 42.5 Å². The number of carbonyl (C=O) groups excluding carboxylic acids is 2. The van der Waals surface area contributed by atoms with E-state index < -0.39 is 0 Å². The Labute approximate surface area is 183 Å². The van der Waals surface area contributed by atoms with E-state index in [1.54, 1.807) is 23.1 Å². The average Bonchev–Trinajstić information content (AvgIpc) is 3.52. The maximum Gasteiger partial charge on any atom is 0.278 e. The van der Waals surface area contributed by atoms with E-state index in [0.717, 1.165) is 37.1 Å². The first kappa shape index (κ1) is 19.3. The van der Waals surface area contributed by atoms with Crippen molar-refractivity contribution in [3.05, 3.63) is 68.6 Å². The number of thiophene rings is 1. The topological polar surface area (TPSA) is 69.3 Å². The summed E-state index contributed by atoms with van der Waals surface area (Å²) < 4.78 is 0.604.